The Hall–Kier alpha value is -0.880. The Balaban J connectivity index is 4.65. The third-order valence-electron chi connectivity index (χ3n) is 3.33. The maximum atomic E-state index is 11.4. The molecule has 18 heavy (non-hydrogen) atoms. The summed E-state index contributed by atoms with van der Waals surface area (Å²) >= 11 is 0. The lowest BCUT2D eigenvalue weighted by molar-refractivity contribution is -0.142. The molecule has 1 unspecified atom stereocenters. The van der Waals surface area contributed by atoms with Crippen molar-refractivity contribution in [3.63, 3.8) is 0 Å². The Morgan fingerprint density at radius 2 is 1.94 bits per heavy atom. The van der Waals surface area contributed by atoms with Crippen molar-refractivity contribution in [2.45, 2.75) is 57.3 Å². The first-order chi connectivity index (χ1) is 8.22. The minimum absolute atomic E-state index is 0.254. The number of hydrogen-bond donors (Lipinski definition) is 1. The lowest BCUT2D eigenvalue weighted by Crippen LogP contribution is -2.38. The molecule has 5 nitrogen and oxygen atoms in total. The summed E-state index contributed by atoms with van der Waals surface area (Å²) in [4.78, 5) is 11.0. The second kappa shape index (κ2) is 6.89. The van der Waals surface area contributed by atoms with Crippen molar-refractivity contribution in [2.24, 2.45) is 0 Å². The molecular formula is C12H22O5S. The van der Waals surface area contributed by atoms with Crippen molar-refractivity contribution in [1.82, 2.24) is 0 Å². The standard InChI is InChI=1S/C12H22O5S/c1-5-11(13)17-10(4)8-9-12(6-2,7-3)18(14,15)16/h5,10H,1,6-9H2,2-4H3,(H,14,15,16). The SMILES string of the molecule is C=CC(=O)OC(C)CCC(CC)(CC)S(=O)(=O)O. The highest BCUT2D eigenvalue weighted by Crippen LogP contribution is 2.31. The molecule has 0 saturated heterocycles. The maximum absolute atomic E-state index is 11.4. The summed E-state index contributed by atoms with van der Waals surface area (Å²) in [5.74, 6) is -0.534. The number of esters is 1. The van der Waals surface area contributed by atoms with Crippen LogP contribution in [0, 0.1) is 0 Å². The molecule has 1 atom stereocenters. The van der Waals surface area contributed by atoms with Crippen LogP contribution < -0.4 is 0 Å². The molecule has 0 amide bonds. The summed E-state index contributed by atoms with van der Waals surface area (Å²) in [5, 5.41) is 0. The van der Waals surface area contributed by atoms with E-state index in [1.807, 2.05) is 0 Å². The largest absolute Gasteiger partial charge is 0.460 e. The summed E-state index contributed by atoms with van der Waals surface area (Å²) in [7, 11) is -4.12. The van der Waals surface area contributed by atoms with Crippen molar-refractivity contribution < 1.29 is 22.5 Å². The van der Waals surface area contributed by atoms with E-state index in [1.165, 1.54) is 0 Å². The van der Waals surface area contributed by atoms with E-state index in [0.717, 1.165) is 6.08 Å². The van der Waals surface area contributed by atoms with E-state index in [-0.39, 0.29) is 6.42 Å². The Morgan fingerprint density at radius 3 is 2.28 bits per heavy atom. The Kier molecular flexibility index (Phi) is 6.56. The molecule has 0 spiro atoms. The molecule has 0 bridgehead atoms. The van der Waals surface area contributed by atoms with Crippen molar-refractivity contribution in [2.75, 3.05) is 0 Å². The minimum Gasteiger partial charge on any atom is -0.460 e. The molecule has 6 heteroatoms. The van der Waals surface area contributed by atoms with E-state index >= 15 is 0 Å². The predicted octanol–water partition coefficient (Wildman–Crippen LogP) is 2.33. The minimum atomic E-state index is -4.12. The van der Waals surface area contributed by atoms with E-state index < -0.39 is 26.9 Å². The fourth-order valence-corrected chi connectivity index (χ4v) is 2.97. The summed E-state index contributed by atoms with van der Waals surface area (Å²) in [6.45, 7) is 8.41. The lowest BCUT2D eigenvalue weighted by atomic mass is 9.95. The molecular weight excluding hydrogens is 256 g/mol. The molecule has 106 valence electrons. The molecule has 0 aliphatic heterocycles. The molecule has 0 saturated carbocycles. The first-order valence-corrected chi connectivity index (χ1v) is 7.46. The fourth-order valence-electron chi connectivity index (χ4n) is 1.87. The van der Waals surface area contributed by atoms with Gasteiger partial charge in [-0.15, -0.1) is 0 Å². The molecule has 0 radical (unpaired) electrons. The topological polar surface area (TPSA) is 80.7 Å². The van der Waals surface area contributed by atoms with Crippen LogP contribution in [0.1, 0.15) is 46.5 Å². The molecule has 0 rings (SSSR count). The van der Waals surface area contributed by atoms with Crippen molar-refractivity contribution in [1.29, 1.82) is 0 Å². The highest BCUT2D eigenvalue weighted by Gasteiger charge is 2.39. The third kappa shape index (κ3) is 4.42. The van der Waals surface area contributed by atoms with Gasteiger partial charge in [0.05, 0.1) is 10.9 Å². The van der Waals surface area contributed by atoms with Crippen LogP contribution in [0.3, 0.4) is 0 Å². The van der Waals surface area contributed by atoms with Gasteiger partial charge in [-0.1, -0.05) is 20.4 Å². The van der Waals surface area contributed by atoms with Gasteiger partial charge >= 0.3 is 5.97 Å². The fraction of sp³-hybridized carbons (Fsp3) is 0.750. The second-order valence-electron chi connectivity index (χ2n) is 4.36. The van der Waals surface area contributed by atoms with Crippen molar-refractivity contribution in [3.05, 3.63) is 12.7 Å². The molecule has 0 aliphatic carbocycles. The van der Waals surface area contributed by atoms with Crippen molar-refractivity contribution in [3.8, 4) is 0 Å². The van der Waals surface area contributed by atoms with Gasteiger partial charge in [0, 0.05) is 6.08 Å². The Labute approximate surface area is 109 Å². The maximum Gasteiger partial charge on any atom is 0.330 e. The zero-order valence-electron chi connectivity index (χ0n) is 11.2. The molecule has 1 N–H and O–H groups in total. The van der Waals surface area contributed by atoms with Gasteiger partial charge in [-0.25, -0.2) is 4.79 Å². The smallest absolute Gasteiger partial charge is 0.330 e. The number of hydrogen-bond acceptors (Lipinski definition) is 4. The van der Waals surface area contributed by atoms with E-state index in [2.05, 4.69) is 6.58 Å². The zero-order chi connectivity index (χ0) is 14.4. The molecule has 0 heterocycles. The number of carbonyl (C=O) groups is 1. The third-order valence-corrected chi connectivity index (χ3v) is 5.20. The van der Waals surface area contributed by atoms with Gasteiger partial charge in [0.15, 0.2) is 0 Å². The van der Waals surface area contributed by atoms with Crippen LogP contribution in [0.15, 0.2) is 12.7 Å². The predicted molar refractivity (Wildman–Crippen MR) is 69.8 cm³/mol. The van der Waals surface area contributed by atoms with Gasteiger partial charge in [-0.05, 0) is 32.6 Å². The number of ether oxygens (including phenoxy) is 1. The number of rotatable bonds is 8. The van der Waals surface area contributed by atoms with E-state index in [1.54, 1.807) is 20.8 Å². The molecule has 0 aromatic heterocycles. The van der Waals surface area contributed by atoms with Crippen LogP contribution in [-0.2, 0) is 19.6 Å². The molecule has 0 fully saturated rings. The average Bonchev–Trinajstić information content (AvgIpc) is 2.29. The van der Waals surface area contributed by atoms with Gasteiger partial charge < -0.3 is 4.74 Å². The normalized spacial score (nSPS) is 14.0. The highest BCUT2D eigenvalue weighted by molar-refractivity contribution is 7.87. The molecule has 0 aliphatic rings. The summed E-state index contributed by atoms with van der Waals surface area (Å²) in [5.41, 5.74) is 0. The van der Waals surface area contributed by atoms with E-state index in [9.17, 15) is 17.8 Å². The monoisotopic (exact) mass is 278 g/mol. The van der Waals surface area contributed by atoms with E-state index in [0.29, 0.717) is 19.3 Å². The average molecular weight is 278 g/mol. The van der Waals surface area contributed by atoms with Gasteiger partial charge in [-0.3, -0.25) is 4.55 Å². The van der Waals surface area contributed by atoms with Gasteiger partial charge in [0.25, 0.3) is 10.1 Å². The lowest BCUT2D eigenvalue weighted by Gasteiger charge is -2.29. The van der Waals surface area contributed by atoms with Crippen LogP contribution in [0.4, 0.5) is 0 Å². The van der Waals surface area contributed by atoms with Gasteiger partial charge in [-0.2, -0.15) is 8.42 Å². The zero-order valence-corrected chi connectivity index (χ0v) is 12.0. The van der Waals surface area contributed by atoms with Crippen LogP contribution >= 0.6 is 0 Å². The second-order valence-corrected chi connectivity index (χ2v) is 6.17. The Bertz CT molecular complexity index is 381. The highest BCUT2D eigenvalue weighted by atomic mass is 32.2. The van der Waals surface area contributed by atoms with Crippen LogP contribution in [-0.4, -0.2) is 29.8 Å². The summed E-state index contributed by atoms with van der Waals surface area (Å²) in [6, 6.07) is 0. The molecule has 0 aromatic carbocycles. The summed E-state index contributed by atoms with van der Waals surface area (Å²) in [6.07, 6.45) is 1.93. The van der Waals surface area contributed by atoms with Crippen molar-refractivity contribution >= 4 is 16.1 Å². The van der Waals surface area contributed by atoms with Crippen LogP contribution in [0.25, 0.3) is 0 Å². The Morgan fingerprint density at radius 1 is 1.44 bits per heavy atom. The first-order valence-electron chi connectivity index (χ1n) is 6.02. The van der Waals surface area contributed by atoms with Crippen LogP contribution in [0.2, 0.25) is 0 Å². The molecule has 0 aromatic rings. The first kappa shape index (κ1) is 17.1. The van der Waals surface area contributed by atoms with E-state index in [4.69, 9.17) is 4.74 Å². The quantitative estimate of drug-likeness (QED) is 0.418. The van der Waals surface area contributed by atoms with Gasteiger partial charge in [0.1, 0.15) is 0 Å². The summed E-state index contributed by atoms with van der Waals surface area (Å²) < 4.78 is 36.0. The number of carbonyl (C=O) groups excluding carboxylic acids is 1. The van der Waals surface area contributed by atoms with Crippen LogP contribution in [0.5, 0.6) is 0 Å². The van der Waals surface area contributed by atoms with Gasteiger partial charge in [0.2, 0.25) is 0 Å².